The monoisotopic (exact) mass is 313 g/mol. The van der Waals surface area contributed by atoms with Gasteiger partial charge < -0.3 is 10.1 Å². The number of fused-ring (bicyclic) bond motifs is 2. The Labute approximate surface area is 125 Å². The lowest BCUT2D eigenvalue weighted by Crippen LogP contribution is -2.45. The molecule has 2 aliphatic carbocycles. The number of rotatable bonds is 5. The number of nitrogens with zero attached hydrogens (tertiary/aromatic N) is 1. The molecule has 0 saturated heterocycles. The minimum atomic E-state index is -3.60. The van der Waals surface area contributed by atoms with Crippen molar-refractivity contribution < 1.29 is 13.5 Å². The number of hydrogen-bond acceptors (Lipinski definition) is 4. The Hall–Kier alpha value is -0.920. The van der Waals surface area contributed by atoms with E-state index in [1.807, 2.05) is 13.8 Å². The first-order valence-electron chi connectivity index (χ1n) is 7.60. The van der Waals surface area contributed by atoms with Gasteiger partial charge in [-0.1, -0.05) is 13.8 Å². The average molecular weight is 313 g/mol. The van der Waals surface area contributed by atoms with E-state index in [0.717, 1.165) is 19.3 Å². The highest BCUT2D eigenvalue weighted by Crippen LogP contribution is 2.48. The summed E-state index contributed by atoms with van der Waals surface area (Å²) >= 11 is 0. The van der Waals surface area contributed by atoms with E-state index in [0.29, 0.717) is 17.7 Å². The molecular formula is C14H23N3O3S. The Bertz CT molecular complexity index is 611. The number of aromatic amines is 1. The molecule has 2 bridgehead atoms. The van der Waals surface area contributed by atoms with Crippen molar-refractivity contribution in [2.24, 2.45) is 17.8 Å². The quantitative estimate of drug-likeness (QED) is 0.761. The molecule has 0 aliphatic heterocycles. The maximum Gasteiger partial charge on any atom is 0.257 e. The van der Waals surface area contributed by atoms with Crippen LogP contribution < -0.4 is 4.72 Å². The van der Waals surface area contributed by atoms with Crippen LogP contribution >= 0.6 is 0 Å². The highest BCUT2D eigenvalue weighted by molar-refractivity contribution is 7.89. The number of aliphatic hydroxyl groups is 1. The normalized spacial score (nSPS) is 32.2. The van der Waals surface area contributed by atoms with Gasteiger partial charge in [-0.25, -0.2) is 18.1 Å². The first-order chi connectivity index (χ1) is 9.92. The van der Waals surface area contributed by atoms with Gasteiger partial charge in [-0.2, -0.15) is 0 Å². The lowest BCUT2D eigenvalue weighted by atomic mass is 9.86. The zero-order valence-electron chi connectivity index (χ0n) is 12.4. The van der Waals surface area contributed by atoms with Gasteiger partial charge in [0.05, 0.1) is 6.20 Å². The van der Waals surface area contributed by atoms with Crippen LogP contribution in [0.15, 0.2) is 11.2 Å². The van der Waals surface area contributed by atoms with Crippen LogP contribution in [0.1, 0.15) is 44.9 Å². The van der Waals surface area contributed by atoms with Crippen molar-refractivity contribution in [2.75, 3.05) is 6.61 Å². The fourth-order valence-electron chi connectivity index (χ4n) is 3.85. The highest BCUT2D eigenvalue weighted by atomic mass is 32.2. The van der Waals surface area contributed by atoms with Crippen molar-refractivity contribution in [2.45, 2.75) is 50.1 Å². The fraction of sp³-hybridized carbons (Fsp3) is 0.786. The van der Waals surface area contributed by atoms with Gasteiger partial charge in [0.15, 0.2) is 5.03 Å². The lowest BCUT2D eigenvalue weighted by molar-refractivity contribution is 0.153. The molecule has 118 valence electrons. The van der Waals surface area contributed by atoms with E-state index in [1.54, 1.807) is 0 Å². The van der Waals surface area contributed by atoms with E-state index in [2.05, 4.69) is 14.7 Å². The van der Waals surface area contributed by atoms with Crippen molar-refractivity contribution in [1.82, 2.24) is 14.7 Å². The molecule has 1 aromatic heterocycles. The topological polar surface area (TPSA) is 95.1 Å². The van der Waals surface area contributed by atoms with E-state index < -0.39 is 10.0 Å². The molecule has 7 heteroatoms. The van der Waals surface area contributed by atoms with Gasteiger partial charge in [0.1, 0.15) is 5.82 Å². The number of hydrogen-bond donors (Lipinski definition) is 3. The molecule has 0 amide bonds. The number of nitrogens with one attached hydrogen (secondary N) is 2. The van der Waals surface area contributed by atoms with Crippen molar-refractivity contribution in [1.29, 1.82) is 0 Å². The second kappa shape index (κ2) is 5.37. The van der Waals surface area contributed by atoms with Crippen LogP contribution in [-0.2, 0) is 10.0 Å². The predicted molar refractivity (Wildman–Crippen MR) is 78.2 cm³/mol. The number of aromatic nitrogens is 2. The van der Waals surface area contributed by atoms with Crippen LogP contribution in [0.4, 0.5) is 0 Å². The van der Waals surface area contributed by atoms with Crippen molar-refractivity contribution >= 4 is 10.0 Å². The van der Waals surface area contributed by atoms with Gasteiger partial charge in [0.2, 0.25) is 0 Å². The average Bonchev–Trinajstić information content (AvgIpc) is 3.13. The Morgan fingerprint density at radius 3 is 2.76 bits per heavy atom. The van der Waals surface area contributed by atoms with Crippen molar-refractivity contribution in [3.63, 3.8) is 0 Å². The molecule has 2 aliphatic rings. The summed E-state index contributed by atoms with van der Waals surface area (Å²) in [7, 11) is -3.60. The predicted octanol–water partition coefficient (Wildman–Crippen LogP) is 1.22. The molecule has 3 rings (SSSR count). The maximum absolute atomic E-state index is 12.5. The lowest BCUT2D eigenvalue weighted by Gasteiger charge is -2.29. The van der Waals surface area contributed by atoms with E-state index >= 15 is 0 Å². The highest BCUT2D eigenvalue weighted by Gasteiger charge is 2.48. The molecule has 0 spiro atoms. The van der Waals surface area contributed by atoms with Crippen LogP contribution in [0.25, 0.3) is 0 Å². The number of aliphatic hydroxyl groups excluding tert-OH is 1. The van der Waals surface area contributed by atoms with Crippen LogP contribution in [-0.4, -0.2) is 36.1 Å². The van der Waals surface area contributed by atoms with Crippen LogP contribution in [0, 0.1) is 17.8 Å². The van der Waals surface area contributed by atoms with E-state index in [1.165, 1.54) is 6.20 Å². The first kappa shape index (κ1) is 15.0. The zero-order valence-corrected chi connectivity index (χ0v) is 13.2. The van der Waals surface area contributed by atoms with Gasteiger partial charge in [-0.3, -0.25) is 0 Å². The second-order valence-corrected chi connectivity index (χ2v) is 8.30. The molecule has 0 radical (unpaired) electrons. The molecule has 2 saturated carbocycles. The Morgan fingerprint density at radius 2 is 2.14 bits per heavy atom. The van der Waals surface area contributed by atoms with Gasteiger partial charge in [-0.15, -0.1) is 0 Å². The van der Waals surface area contributed by atoms with Crippen LogP contribution in [0.5, 0.6) is 0 Å². The summed E-state index contributed by atoms with van der Waals surface area (Å²) in [5.74, 6) is 1.68. The third kappa shape index (κ3) is 2.62. The summed E-state index contributed by atoms with van der Waals surface area (Å²) < 4.78 is 27.8. The summed E-state index contributed by atoms with van der Waals surface area (Å²) in [6.45, 7) is 3.97. The molecule has 6 nitrogen and oxygen atoms in total. The summed E-state index contributed by atoms with van der Waals surface area (Å²) in [5.41, 5.74) is 0. The second-order valence-electron chi connectivity index (χ2n) is 6.61. The van der Waals surface area contributed by atoms with Gasteiger partial charge in [-0.05, 0) is 31.1 Å². The van der Waals surface area contributed by atoms with E-state index in [4.69, 9.17) is 0 Å². The first-order valence-corrected chi connectivity index (χ1v) is 9.08. The molecule has 1 heterocycles. The van der Waals surface area contributed by atoms with Crippen molar-refractivity contribution in [3.05, 3.63) is 12.0 Å². The molecule has 4 unspecified atom stereocenters. The van der Waals surface area contributed by atoms with Crippen molar-refractivity contribution in [3.8, 4) is 0 Å². The van der Waals surface area contributed by atoms with Gasteiger partial charge in [0, 0.05) is 24.5 Å². The third-order valence-electron chi connectivity index (χ3n) is 5.00. The van der Waals surface area contributed by atoms with Crippen LogP contribution in [0.3, 0.4) is 0 Å². The van der Waals surface area contributed by atoms with Gasteiger partial charge in [0.25, 0.3) is 10.0 Å². The molecule has 1 aromatic rings. The molecule has 0 aromatic carbocycles. The molecule has 2 fully saturated rings. The molecular weight excluding hydrogens is 290 g/mol. The summed E-state index contributed by atoms with van der Waals surface area (Å²) in [6, 6.07) is -0.149. The molecule has 4 atom stereocenters. The maximum atomic E-state index is 12.5. The number of sulfonamides is 1. The molecule has 3 N–H and O–H groups in total. The Kier molecular flexibility index (Phi) is 3.83. The number of imidazole rings is 1. The van der Waals surface area contributed by atoms with E-state index in [-0.39, 0.29) is 29.5 Å². The standard InChI is InChI=1S/C14H23N3O3S/c1-8(2)14-15-6-12(16-14)21(19,20)17-13-10-4-3-9(5-10)11(13)7-18/h6,8-11,13,17-18H,3-5,7H2,1-2H3,(H,15,16). The van der Waals surface area contributed by atoms with Gasteiger partial charge >= 0.3 is 0 Å². The Morgan fingerprint density at radius 1 is 1.43 bits per heavy atom. The summed E-state index contributed by atoms with van der Waals surface area (Å²) in [4.78, 5) is 7.00. The summed E-state index contributed by atoms with van der Waals surface area (Å²) in [6.07, 6.45) is 4.56. The van der Waals surface area contributed by atoms with E-state index in [9.17, 15) is 13.5 Å². The number of H-pyrrole nitrogens is 1. The third-order valence-corrected chi connectivity index (χ3v) is 6.37. The molecule has 21 heavy (non-hydrogen) atoms. The fourth-order valence-corrected chi connectivity index (χ4v) is 5.13. The zero-order chi connectivity index (χ0) is 15.2. The largest absolute Gasteiger partial charge is 0.396 e. The minimum absolute atomic E-state index is 0.0472. The smallest absolute Gasteiger partial charge is 0.257 e. The summed E-state index contributed by atoms with van der Waals surface area (Å²) in [5, 5.41) is 9.66. The van der Waals surface area contributed by atoms with Crippen LogP contribution in [0.2, 0.25) is 0 Å². The SMILES string of the molecule is CC(C)c1ncc(S(=O)(=O)NC2C3CCC(C3)C2CO)[nH]1. The minimum Gasteiger partial charge on any atom is -0.396 e. The Balaban J connectivity index is 1.79.